The number of hydrogen-bond acceptors (Lipinski definition) is 3. The fourth-order valence-electron chi connectivity index (χ4n) is 2.02. The third-order valence-corrected chi connectivity index (χ3v) is 3.06. The first-order valence-corrected chi connectivity index (χ1v) is 5.72. The van der Waals surface area contributed by atoms with Crippen molar-refractivity contribution in [2.24, 2.45) is 0 Å². The van der Waals surface area contributed by atoms with Crippen LogP contribution in [0, 0.1) is 0 Å². The molecule has 0 bridgehead atoms. The number of aromatic nitrogens is 2. The van der Waals surface area contributed by atoms with Gasteiger partial charge in [-0.15, -0.1) is 0 Å². The van der Waals surface area contributed by atoms with Crippen LogP contribution in [-0.4, -0.2) is 15.3 Å². The van der Waals surface area contributed by atoms with Crippen LogP contribution in [0.3, 0.4) is 0 Å². The fraction of sp³-hybridized carbons (Fsp3) is 0.0714. The van der Waals surface area contributed by atoms with Crippen molar-refractivity contribution in [3.8, 4) is 11.1 Å². The molecule has 0 spiro atoms. The predicted molar refractivity (Wildman–Crippen MR) is 71.9 cm³/mol. The van der Waals surface area contributed by atoms with E-state index >= 15 is 0 Å². The molecular formula is C14H13N3O. The quantitative estimate of drug-likeness (QED) is 0.642. The molecule has 1 heterocycles. The number of nitrogens with zero attached hydrogens (tertiary/aromatic N) is 1. The number of H-pyrrole nitrogens is 1. The molecule has 0 fully saturated rings. The lowest BCUT2D eigenvalue weighted by atomic mass is 10.0. The molecule has 0 amide bonds. The van der Waals surface area contributed by atoms with Crippen LogP contribution in [-0.2, 0) is 6.61 Å². The molecule has 3 rings (SSSR count). The van der Waals surface area contributed by atoms with Gasteiger partial charge >= 0.3 is 0 Å². The van der Waals surface area contributed by atoms with E-state index in [0.29, 0.717) is 5.82 Å². The molecule has 0 unspecified atom stereocenters. The summed E-state index contributed by atoms with van der Waals surface area (Å²) in [4.78, 5) is 0. The molecule has 4 N–H and O–H groups in total. The van der Waals surface area contributed by atoms with E-state index in [1.54, 1.807) is 0 Å². The first kappa shape index (κ1) is 10.8. The van der Waals surface area contributed by atoms with E-state index in [1.165, 1.54) is 0 Å². The van der Waals surface area contributed by atoms with E-state index in [0.717, 1.165) is 27.6 Å². The number of nitrogen functional groups attached to an aromatic ring is 1. The molecule has 90 valence electrons. The number of anilines is 1. The zero-order valence-corrected chi connectivity index (χ0v) is 9.72. The molecular weight excluding hydrogens is 226 g/mol. The van der Waals surface area contributed by atoms with E-state index in [9.17, 15) is 0 Å². The largest absolute Gasteiger partial charge is 0.392 e. The van der Waals surface area contributed by atoms with Gasteiger partial charge in [0.05, 0.1) is 12.1 Å². The highest BCUT2D eigenvalue weighted by Crippen LogP contribution is 2.25. The van der Waals surface area contributed by atoms with Crippen molar-refractivity contribution in [3.63, 3.8) is 0 Å². The smallest absolute Gasteiger partial charge is 0.153 e. The number of aliphatic hydroxyl groups is 1. The number of aromatic amines is 1. The Hall–Kier alpha value is -2.33. The van der Waals surface area contributed by atoms with E-state index < -0.39 is 0 Å². The van der Waals surface area contributed by atoms with Gasteiger partial charge in [-0.1, -0.05) is 30.3 Å². The normalized spacial score (nSPS) is 10.9. The van der Waals surface area contributed by atoms with E-state index in [1.807, 2.05) is 42.5 Å². The summed E-state index contributed by atoms with van der Waals surface area (Å²) in [6, 6.07) is 13.8. The van der Waals surface area contributed by atoms with Gasteiger partial charge in [-0.25, -0.2) is 0 Å². The fourth-order valence-corrected chi connectivity index (χ4v) is 2.02. The van der Waals surface area contributed by atoms with Crippen molar-refractivity contribution in [2.45, 2.75) is 6.61 Å². The van der Waals surface area contributed by atoms with Crippen molar-refractivity contribution >= 4 is 16.7 Å². The second kappa shape index (κ2) is 4.16. The van der Waals surface area contributed by atoms with Crippen LogP contribution in [0.2, 0.25) is 0 Å². The average molecular weight is 239 g/mol. The molecule has 4 heteroatoms. The van der Waals surface area contributed by atoms with E-state index in [4.69, 9.17) is 10.8 Å². The van der Waals surface area contributed by atoms with Crippen LogP contribution in [0.5, 0.6) is 0 Å². The number of nitrogens with two attached hydrogens (primary N) is 1. The molecule has 0 aliphatic carbocycles. The number of aliphatic hydroxyl groups excluding tert-OH is 1. The van der Waals surface area contributed by atoms with E-state index in [-0.39, 0.29) is 6.61 Å². The molecule has 0 atom stereocenters. The zero-order chi connectivity index (χ0) is 12.5. The molecule has 3 aromatic rings. The van der Waals surface area contributed by atoms with Crippen LogP contribution in [0.25, 0.3) is 22.0 Å². The first-order valence-electron chi connectivity index (χ1n) is 5.72. The number of fused-ring (bicyclic) bond motifs is 1. The van der Waals surface area contributed by atoms with Gasteiger partial charge in [-0.05, 0) is 28.8 Å². The second-order valence-electron chi connectivity index (χ2n) is 4.22. The Morgan fingerprint density at radius 1 is 1.06 bits per heavy atom. The summed E-state index contributed by atoms with van der Waals surface area (Å²) in [7, 11) is 0. The number of hydrogen-bond donors (Lipinski definition) is 3. The number of benzene rings is 2. The zero-order valence-electron chi connectivity index (χ0n) is 9.72. The number of rotatable bonds is 2. The maximum Gasteiger partial charge on any atom is 0.153 e. The van der Waals surface area contributed by atoms with Gasteiger partial charge in [-0.2, -0.15) is 5.10 Å². The van der Waals surface area contributed by atoms with Crippen LogP contribution in [0.1, 0.15) is 5.56 Å². The summed E-state index contributed by atoms with van der Waals surface area (Å²) in [6.07, 6.45) is 0. The molecule has 0 saturated carbocycles. The summed E-state index contributed by atoms with van der Waals surface area (Å²) in [5.41, 5.74) is 9.76. The van der Waals surface area contributed by atoms with Gasteiger partial charge in [0.25, 0.3) is 0 Å². The van der Waals surface area contributed by atoms with Gasteiger partial charge < -0.3 is 10.8 Å². The Morgan fingerprint density at radius 3 is 2.50 bits per heavy atom. The predicted octanol–water partition coefficient (Wildman–Crippen LogP) is 2.30. The summed E-state index contributed by atoms with van der Waals surface area (Å²) >= 11 is 0. The van der Waals surface area contributed by atoms with Crippen molar-refractivity contribution < 1.29 is 5.11 Å². The van der Waals surface area contributed by atoms with Gasteiger partial charge in [0.2, 0.25) is 0 Å². The summed E-state index contributed by atoms with van der Waals surface area (Å²) in [6.45, 7) is 0.0659. The minimum atomic E-state index is 0.0659. The highest BCUT2D eigenvalue weighted by atomic mass is 16.3. The van der Waals surface area contributed by atoms with Gasteiger partial charge in [0.1, 0.15) is 0 Å². The Kier molecular flexibility index (Phi) is 2.50. The Balaban J connectivity index is 2.07. The van der Waals surface area contributed by atoms with E-state index in [2.05, 4.69) is 10.2 Å². The lowest BCUT2D eigenvalue weighted by molar-refractivity contribution is 0.282. The van der Waals surface area contributed by atoms with Crippen LogP contribution >= 0.6 is 0 Å². The van der Waals surface area contributed by atoms with Gasteiger partial charge in [0.15, 0.2) is 5.82 Å². The number of nitrogens with one attached hydrogen (secondary N) is 1. The maximum atomic E-state index is 9.02. The van der Waals surface area contributed by atoms with Crippen molar-refractivity contribution in [1.29, 1.82) is 0 Å². The van der Waals surface area contributed by atoms with Gasteiger partial charge in [-0.3, -0.25) is 5.10 Å². The topological polar surface area (TPSA) is 74.9 Å². The standard InChI is InChI=1S/C14H13N3O/c15-14-12-6-5-11(7-13(12)16-17-14)10-3-1-9(8-18)2-4-10/h1-7,18H,8H2,(H3,15,16,17). The van der Waals surface area contributed by atoms with Crippen molar-refractivity contribution in [3.05, 3.63) is 48.0 Å². The minimum Gasteiger partial charge on any atom is -0.392 e. The average Bonchev–Trinajstić information content (AvgIpc) is 2.80. The molecule has 4 nitrogen and oxygen atoms in total. The summed E-state index contributed by atoms with van der Waals surface area (Å²) in [5, 5.41) is 16.8. The van der Waals surface area contributed by atoms with Crippen LogP contribution in [0.15, 0.2) is 42.5 Å². The third-order valence-electron chi connectivity index (χ3n) is 3.06. The Bertz CT molecular complexity index is 686. The lowest BCUT2D eigenvalue weighted by Crippen LogP contribution is -1.84. The third kappa shape index (κ3) is 1.72. The van der Waals surface area contributed by atoms with Crippen LogP contribution in [0.4, 0.5) is 5.82 Å². The molecule has 2 aromatic carbocycles. The highest BCUT2D eigenvalue weighted by Gasteiger charge is 2.04. The summed E-state index contributed by atoms with van der Waals surface area (Å²) < 4.78 is 0. The Labute approximate surface area is 104 Å². The minimum absolute atomic E-state index is 0.0659. The molecule has 0 radical (unpaired) electrons. The SMILES string of the molecule is Nc1n[nH]c2cc(-c3ccc(CO)cc3)ccc12. The van der Waals surface area contributed by atoms with Crippen LogP contribution < -0.4 is 5.73 Å². The summed E-state index contributed by atoms with van der Waals surface area (Å²) in [5.74, 6) is 0.521. The molecule has 0 aliphatic rings. The Morgan fingerprint density at radius 2 is 1.78 bits per heavy atom. The lowest BCUT2D eigenvalue weighted by Gasteiger charge is -2.03. The molecule has 0 aliphatic heterocycles. The molecule has 1 aromatic heterocycles. The second-order valence-corrected chi connectivity index (χ2v) is 4.22. The first-order chi connectivity index (χ1) is 8.78. The maximum absolute atomic E-state index is 9.02. The monoisotopic (exact) mass is 239 g/mol. The molecule has 0 saturated heterocycles. The highest BCUT2D eigenvalue weighted by molar-refractivity contribution is 5.91. The van der Waals surface area contributed by atoms with Gasteiger partial charge in [0, 0.05) is 5.39 Å². The molecule has 18 heavy (non-hydrogen) atoms. The van der Waals surface area contributed by atoms with Crippen molar-refractivity contribution in [1.82, 2.24) is 10.2 Å². The van der Waals surface area contributed by atoms with Crippen molar-refractivity contribution in [2.75, 3.05) is 5.73 Å².